The minimum atomic E-state index is -0.521. The Morgan fingerprint density at radius 1 is 1.06 bits per heavy atom. The number of hydrogen-bond acceptors (Lipinski definition) is 4. The standard InChI is InChI=1S/C27H35ClFN3O2/c1-32(26(33)27(14-17-34-18-15-27)21-8-10-22(28)11-9-21)16-4-2-3-5-24-19-25(31-30-24)20-6-12-23(29)13-7-20/h6-13,24-25,30-31H,2-5,14-19H2,1H3. The molecule has 2 saturated heterocycles. The molecule has 2 aliphatic heterocycles. The lowest BCUT2D eigenvalue weighted by atomic mass is 9.73. The normalized spacial score (nSPS) is 22.0. The van der Waals surface area contributed by atoms with E-state index in [0.717, 1.165) is 49.8 Å². The minimum absolute atomic E-state index is 0.182. The van der Waals surface area contributed by atoms with Crippen molar-refractivity contribution in [1.29, 1.82) is 0 Å². The summed E-state index contributed by atoms with van der Waals surface area (Å²) in [5, 5.41) is 0.683. The van der Waals surface area contributed by atoms with Crippen molar-refractivity contribution < 1.29 is 13.9 Å². The predicted molar refractivity (Wildman–Crippen MR) is 133 cm³/mol. The van der Waals surface area contributed by atoms with E-state index in [0.29, 0.717) is 37.1 Å². The lowest BCUT2D eigenvalue weighted by Crippen LogP contribution is -2.48. The van der Waals surface area contributed by atoms with Gasteiger partial charge < -0.3 is 9.64 Å². The quantitative estimate of drug-likeness (QED) is 0.480. The Bertz CT molecular complexity index is 932. The van der Waals surface area contributed by atoms with Gasteiger partial charge in [-0.2, -0.15) is 0 Å². The molecular weight excluding hydrogens is 453 g/mol. The molecule has 7 heteroatoms. The predicted octanol–water partition coefficient (Wildman–Crippen LogP) is 5.15. The molecule has 4 rings (SSSR count). The zero-order valence-corrected chi connectivity index (χ0v) is 20.6. The number of carbonyl (C=O) groups excluding carboxylic acids is 1. The molecule has 0 radical (unpaired) electrons. The largest absolute Gasteiger partial charge is 0.381 e. The van der Waals surface area contributed by atoms with Gasteiger partial charge >= 0.3 is 0 Å². The van der Waals surface area contributed by atoms with Crippen LogP contribution < -0.4 is 10.9 Å². The first kappa shape index (κ1) is 25.1. The Morgan fingerprint density at radius 3 is 2.47 bits per heavy atom. The van der Waals surface area contributed by atoms with E-state index >= 15 is 0 Å². The minimum Gasteiger partial charge on any atom is -0.381 e. The number of carbonyl (C=O) groups is 1. The Kier molecular flexibility index (Phi) is 8.59. The average molecular weight is 488 g/mol. The molecule has 5 nitrogen and oxygen atoms in total. The average Bonchev–Trinajstić information content (AvgIpc) is 3.33. The van der Waals surface area contributed by atoms with E-state index in [4.69, 9.17) is 16.3 Å². The maximum atomic E-state index is 13.6. The molecule has 0 bridgehead atoms. The molecule has 0 aromatic heterocycles. The monoisotopic (exact) mass is 487 g/mol. The van der Waals surface area contributed by atoms with Crippen LogP contribution in [0.15, 0.2) is 48.5 Å². The number of halogens is 2. The van der Waals surface area contributed by atoms with Crippen LogP contribution in [0.4, 0.5) is 4.39 Å². The summed E-state index contributed by atoms with van der Waals surface area (Å²) >= 11 is 6.09. The van der Waals surface area contributed by atoms with Crippen molar-refractivity contribution in [2.45, 2.75) is 62.4 Å². The Labute approximate surface area is 207 Å². The number of hydrazine groups is 1. The van der Waals surface area contributed by atoms with Crippen molar-refractivity contribution in [3.63, 3.8) is 0 Å². The fourth-order valence-corrected chi connectivity index (χ4v) is 5.35. The first-order chi connectivity index (χ1) is 16.5. The van der Waals surface area contributed by atoms with E-state index in [2.05, 4.69) is 10.9 Å². The Morgan fingerprint density at radius 2 is 1.76 bits per heavy atom. The van der Waals surface area contributed by atoms with Gasteiger partial charge in [-0.05, 0) is 67.5 Å². The number of benzene rings is 2. The molecule has 0 spiro atoms. The molecule has 34 heavy (non-hydrogen) atoms. The van der Waals surface area contributed by atoms with Gasteiger partial charge in [0.15, 0.2) is 0 Å². The first-order valence-corrected chi connectivity index (χ1v) is 12.7. The second-order valence-corrected chi connectivity index (χ2v) is 10.0. The van der Waals surface area contributed by atoms with Crippen LogP contribution in [0.2, 0.25) is 5.02 Å². The smallest absolute Gasteiger partial charge is 0.233 e. The van der Waals surface area contributed by atoms with Gasteiger partial charge in [0.2, 0.25) is 5.91 Å². The summed E-state index contributed by atoms with van der Waals surface area (Å²) in [5.41, 5.74) is 8.33. The van der Waals surface area contributed by atoms with Crippen molar-refractivity contribution in [2.75, 3.05) is 26.8 Å². The van der Waals surface area contributed by atoms with Crippen LogP contribution >= 0.6 is 11.6 Å². The topological polar surface area (TPSA) is 53.6 Å². The molecule has 0 aliphatic carbocycles. The second-order valence-electron chi connectivity index (χ2n) is 9.60. The van der Waals surface area contributed by atoms with Crippen LogP contribution in [0, 0.1) is 5.82 Å². The lowest BCUT2D eigenvalue weighted by molar-refractivity contribution is -0.140. The highest BCUT2D eigenvalue weighted by Gasteiger charge is 2.43. The molecule has 0 saturated carbocycles. The molecule has 2 aromatic carbocycles. The molecule has 2 aromatic rings. The van der Waals surface area contributed by atoms with Gasteiger partial charge in [-0.25, -0.2) is 4.39 Å². The number of unbranched alkanes of at least 4 members (excludes halogenated alkanes) is 2. The number of nitrogens with one attached hydrogen (secondary N) is 2. The Balaban J connectivity index is 1.22. The molecule has 2 unspecified atom stereocenters. The van der Waals surface area contributed by atoms with E-state index in [1.54, 1.807) is 0 Å². The summed E-state index contributed by atoms with van der Waals surface area (Å²) in [4.78, 5) is 15.5. The van der Waals surface area contributed by atoms with Crippen molar-refractivity contribution in [1.82, 2.24) is 15.8 Å². The summed E-state index contributed by atoms with van der Waals surface area (Å²) < 4.78 is 18.7. The second kappa shape index (κ2) is 11.6. The van der Waals surface area contributed by atoms with Gasteiger partial charge in [0.25, 0.3) is 0 Å². The summed E-state index contributed by atoms with van der Waals surface area (Å²) in [6, 6.07) is 15.1. The SMILES string of the molecule is CN(CCCCCC1CC(c2ccc(F)cc2)NN1)C(=O)C1(c2ccc(Cl)cc2)CCOCC1. The van der Waals surface area contributed by atoms with Gasteiger partial charge in [-0.1, -0.05) is 48.7 Å². The van der Waals surface area contributed by atoms with Crippen molar-refractivity contribution >= 4 is 17.5 Å². The van der Waals surface area contributed by atoms with Gasteiger partial charge in [0, 0.05) is 43.9 Å². The van der Waals surface area contributed by atoms with Crippen LogP contribution in [-0.2, 0) is 14.9 Å². The zero-order valence-electron chi connectivity index (χ0n) is 19.9. The zero-order chi connectivity index (χ0) is 24.0. The van der Waals surface area contributed by atoms with E-state index in [9.17, 15) is 9.18 Å². The highest BCUT2D eigenvalue weighted by Crippen LogP contribution is 2.37. The third kappa shape index (κ3) is 5.98. The lowest BCUT2D eigenvalue weighted by Gasteiger charge is -2.39. The van der Waals surface area contributed by atoms with E-state index < -0.39 is 5.41 Å². The number of likely N-dealkylation sites (N-methyl/N-ethyl adjacent to an activating group) is 1. The third-order valence-electron chi connectivity index (χ3n) is 7.30. The molecule has 184 valence electrons. The van der Waals surface area contributed by atoms with E-state index in [-0.39, 0.29) is 17.8 Å². The van der Waals surface area contributed by atoms with Crippen LogP contribution in [0.3, 0.4) is 0 Å². The molecule has 2 aliphatic rings. The van der Waals surface area contributed by atoms with Crippen LogP contribution in [0.1, 0.15) is 62.1 Å². The van der Waals surface area contributed by atoms with Gasteiger partial charge in [0.1, 0.15) is 5.82 Å². The van der Waals surface area contributed by atoms with Crippen molar-refractivity contribution in [2.24, 2.45) is 0 Å². The fourth-order valence-electron chi connectivity index (χ4n) is 5.22. The molecule has 1 amide bonds. The molecule has 2 heterocycles. The van der Waals surface area contributed by atoms with Crippen molar-refractivity contribution in [3.05, 3.63) is 70.5 Å². The summed E-state index contributed by atoms with van der Waals surface area (Å²) in [6.45, 7) is 1.96. The summed E-state index contributed by atoms with van der Waals surface area (Å²) in [5.74, 6) is -0.0208. The highest BCUT2D eigenvalue weighted by atomic mass is 35.5. The maximum absolute atomic E-state index is 13.6. The van der Waals surface area contributed by atoms with Crippen molar-refractivity contribution in [3.8, 4) is 0 Å². The number of amides is 1. The molecule has 2 N–H and O–H groups in total. The molecule has 2 atom stereocenters. The highest BCUT2D eigenvalue weighted by molar-refractivity contribution is 6.30. The third-order valence-corrected chi connectivity index (χ3v) is 7.55. The van der Waals surface area contributed by atoms with E-state index in [1.165, 1.54) is 12.1 Å². The number of nitrogens with zero attached hydrogens (tertiary/aromatic N) is 1. The number of rotatable bonds is 9. The van der Waals surface area contributed by atoms with Gasteiger partial charge in [-0.3, -0.25) is 15.6 Å². The first-order valence-electron chi connectivity index (χ1n) is 12.3. The Hall–Kier alpha value is -1.99. The fraction of sp³-hybridized carbons (Fsp3) is 0.519. The number of ether oxygens (including phenoxy) is 1. The van der Waals surface area contributed by atoms with Gasteiger partial charge in [-0.15, -0.1) is 0 Å². The van der Waals surface area contributed by atoms with Crippen LogP contribution in [0.25, 0.3) is 0 Å². The maximum Gasteiger partial charge on any atom is 0.233 e. The summed E-state index contributed by atoms with van der Waals surface area (Å²) in [6.07, 6.45) is 6.64. The summed E-state index contributed by atoms with van der Waals surface area (Å²) in [7, 11) is 1.92. The van der Waals surface area contributed by atoms with Crippen LogP contribution in [-0.4, -0.2) is 43.7 Å². The molecular formula is C27H35ClFN3O2. The molecule has 2 fully saturated rings. The van der Waals surface area contributed by atoms with Gasteiger partial charge in [0.05, 0.1) is 5.41 Å². The number of hydrogen-bond donors (Lipinski definition) is 2. The van der Waals surface area contributed by atoms with Crippen LogP contribution in [0.5, 0.6) is 0 Å². The van der Waals surface area contributed by atoms with E-state index in [1.807, 2.05) is 48.3 Å².